The zero-order valence-corrected chi connectivity index (χ0v) is 77.3. The van der Waals surface area contributed by atoms with Gasteiger partial charge in [-0.05, 0) is 195 Å². The number of amides is 4. The Morgan fingerprint density at radius 2 is 0.593 bits per heavy atom. The molecule has 638 valence electrons. The minimum absolute atomic E-state index is 0. The number of carbonyl (C=O) groups excluding carboxylic acids is 8. The van der Waals surface area contributed by atoms with Gasteiger partial charge in [0, 0.05) is 117 Å². The number of nitrogen functional groups attached to an aromatic ring is 1. The molecule has 0 aromatic heterocycles. The third-order valence-corrected chi connectivity index (χ3v) is 26.1. The second-order valence-corrected chi connectivity index (χ2v) is 37.0. The van der Waals surface area contributed by atoms with Crippen LogP contribution in [0, 0.1) is 35.5 Å². The Balaban J connectivity index is 0.000000216. The van der Waals surface area contributed by atoms with Gasteiger partial charge in [0.15, 0.2) is 0 Å². The van der Waals surface area contributed by atoms with Crippen LogP contribution in [-0.4, -0.2) is 65.8 Å². The van der Waals surface area contributed by atoms with Gasteiger partial charge in [-0.25, -0.2) is 29.0 Å². The fourth-order valence-corrected chi connectivity index (χ4v) is 20.4. The van der Waals surface area contributed by atoms with Crippen molar-refractivity contribution in [3.05, 3.63) is 161 Å². The van der Waals surface area contributed by atoms with Gasteiger partial charge < -0.3 is 29.4 Å². The van der Waals surface area contributed by atoms with E-state index in [0.717, 1.165) is 73.9 Å². The van der Waals surface area contributed by atoms with Crippen molar-refractivity contribution in [3.8, 4) is 17.2 Å². The second kappa shape index (κ2) is 42.9. The molecule has 4 amide bonds. The van der Waals surface area contributed by atoms with Crippen LogP contribution >= 0.6 is 31.9 Å². The molecule has 0 spiro atoms. The van der Waals surface area contributed by atoms with E-state index < -0.39 is 47.5 Å². The number of ether oxygens (including phenoxy) is 5. The van der Waals surface area contributed by atoms with E-state index >= 15 is 0 Å². The molecular formula is C97H119Br2Fe3N3O13. The van der Waals surface area contributed by atoms with Gasteiger partial charge in [0.2, 0.25) is 0 Å². The maximum Gasteiger partial charge on any atom is 0.347 e. The van der Waals surface area contributed by atoms with E-state index in [2.05, 4.69) is 137 Å². The SMILES string of the molecule is C1CCCC1.C1CCCC1.C1CCCC1.CC(C)C(Oc1ccc(C2CCCC2)c(N)c1)C(C)C.CC(C)C(Oc1ccc(C2CCCC2)c(N2C(=O)c3ccc4c5c(c(Br)cc(c35)C2=O)C(=O)N(c2cc(OC(C(C)C)C(C)C)ccc2C2CCCC2)C4=O)c1)C(C)C.O=C1OC(=O)c2cc(Br)c3c4c(ccc1c24)C(=O)OC3=O.[Fe].[Fe].[Fe]. The van der Waals surface area contributed by atoms with Gasteiger partial charge in [-0.15, -0.1) is 0 Å². The summed E-state index contributed by atoms with van der Waals surface area (Å²) >= 11 is 6.89. The van der Waals surface area contributed by atoms with Gasteiger partial charge in [-0.1, -0.05) is 236 Å². The van der Waals surface area contributed by atoms with Crippen molar-refractivity contribution in [1.29, 1.82) is 0 Å². The molecule has 6 saturated carbocycles. The molecule has 0 atom stereocenters. The normalized spacial score (nSPS) is 17.5. The molecule has 6 fully saturated rings. The minimum Gasteiger partial charge on any atom is -0.490 e. The van der Waals surface area contributed by atoms with Crippen molar-refractivity contribution in [1.82, 2.24) is 0 Å². The average molecular weight is 1860 g/mol. The number of carbonyl (C=O) groups is 8. The van der Waals surface area contributed by atoms with Crippen molar-refractivity contribution < 1.29 is 113 Å². The van der Waals surface area contributed by atoms with Crippen LogP contribution < -0.4 is 29.7 Å². The van der Waals surface area contributed by atoms with Gasteiger partial charge in [0.1, 0.15) is 35.6 Å². The van der Waals surface area contributed by atoms with E-state index in [0.29, 0.717) is 60.3 Å². The molecule has 17 rings (SSSR count). The largest absolute Gasteiger partial charge is 0.490 e. The summed E-state index contributed by atoms with van der Waals surface area (Å²) < 4.78 is 29.3. The van der Waals surface area contributed by atoms with Gasteiger partial charge in [-0.3, -0.25) is 19.2 Å². The first-order valence-electron chi connectivity index (χ1n) is 43.2. The van der Waals surface area contributed by atoms with Crippen LogP contribution in [0.2, 0.25) is 0 Å². The van der Waals surface area contributed by atoms with Crippen molar-refractivity contribution in [2.75, 3.05) is 15.5 Å². The van der Waals surface area contributed by atoms with E-state index in [1.165, 1.54) is 156 Å². The number of rotatable bonds is 17. The molecule has 7 aromatic rings. The molecule has 0 saturated heterocycles. The van der Waals surface area contributed by atoms with E-state index in [-0.39, 0.29) is 160 Å². The van der Waals surface area contributed by atoms with Crippen LogP contribution in [-0.2, 0) is 60.7 Å². The van der Waals surface area contributed by atoms with Crippen LogP contribution in [0.15, 0.2) is 99.9 Å². The van der Waals surface area contributed by atoms with E-state index in [1.54, 1.807) is 18.2 Å². The number of esters is 4. The van der Waals surface area contributed by atoms with Crippen LogP contribution in [0.1, 0.15) is 374 Å². The minimum atomic E-state index is -0.825. The van der Waals surface area contributed by atoms with E-state index in [4.69, 9.17) is 19.9 Å². The number of imide groups is 2. The molecule has 4 heterocycles. The number of nitrogens with zero attached hydrogens (tertiary/aromatic N) is 2. The van der Waals surface area contributed by atoms with E-state index in [1.807, 2.05) is 42.5 Å². The second-order valence-electron chi connectivity index (χ2n) is 35.3. The molecular weight excluding hydrogens is 1740 g/mol. The molecule has 4 aliphatic heterocycles. The first-order chi connectivity index (χ1) is 55.1. The summed E-state index contributed by atoms with van der Waals surface area (Å²) in [5.41, 5.74) is 13.0. The molecule has 21 heteroatoms. The molecule has 0 unspecified atom stereocenters. The van der Waals surface area contributed by atoms with Crippen LogP contribution in [0.25, 0.3) is 21.5 Å². The quantitative estimate of drug-likeness (QED) is 0.0295. The molecule has 2 N–H and O–H groups in total. The number of nitrogens with two attached hydrogens (primary N) is 1. The molecule has 6 aliphatic carbocycles. The number of halogens is 2. The first kappa shape index (κ1) is 95.2. The predicted octanol–water partition coefficient (Wildman–Crippen LogP) is 25.7. The number of cyclic esters (lactones) is 4. The summed E-state index contributed by atoms with van der Waals surface area (Å²) in [6.07, 6.45) is 36.1. The monoisotopic (exact) mass is 1860 g/mol. The summed E-state index contributed by atoms with van der Waals surface area (Å²) in [5, 5.41) is 1.16. The maximum atomic E-state index is 15.0. The topological polar surface area (TPSA) is 215 Å². The summed E-state index contributed by atoms with van der Waals surface area (Å²) in [4.78, 5) is 110. The fraction of sp³-hybridized carbons (Fsp3) is 0.526. The van der Waals surface area contributed by atoms with Gasteiger partial charge in [0.25, 0.3) is 23.6 Å². The van der Waals surface area contributed by atoms with Crippen molar-refractivity contribution in [3.63, 3.8) is 0 Å². The van der Waals surface area contributed by atoms with Crippen LogP contribution in [0.5, 0.6) is 17.2 Å². The molecule has 10 aliphatic rings. The van der Waals surface area contributed by atoms with Crippen molar-refractivity contribution in [2.24, 2.45) is 35.5 Å². The number of anilines is 3. The third-order valence-electron chi connectivity index (χ3n) is 24.9. The number of hydrogen-bond donors (Lipinski definition) is 1. The Hall–Kier alpha value is -6.66. The molecule has 7 aromatic carbocycles. The Bertz CT molecular complexity index is 4720. The summed E-state index contributed by atoms with van der Waals surface area (Å²) in [6.45, 7) is 25.9. The fourth-order valence-electron chi connectivity index (χ4n) is 19.2. The number of hydrogen-bond acceptors (Lipinski definition) is 14. The predicted molar refractivity (Wildman–Crippen MR) is 464 cm³/mol. The zero-order chi connectivity index (χ0) is 82.2. The van der Waals surface area contributed by atoms with Gasteiger partial charge in [-0.2, -0.15) is 0 Å². The molecule has 16 nitrogen and oxygen atoms in total. The van der Waals surface area contributed by atoms with Crippen molar-refractivity contribution in [2.45, 2.75) is 293 Å². The van der Waals surface area contributed by atoms with Gasteiger partial charge in [0.05, 0.1) is 44.8 Å². The Morgan fingerprint density at radius 1 is 0.314 bits per heavy atom. The van der Waals surface area contributed by atoms with Gasteiger partial charge >= 0.3 is 23.9 Å². The Kier molecular flexibility index (Phi) is 34.6. The maximum absolute atomic E-state index is 15.0. The van der Waals surface area contributed by atoms with E-state index in [9.17, 15) is 38.4 Å². The van der Waals surface area contributed by atoms with Crippen molar-refractivity contribution >= 4 is 118 Å². The molecule has 0 bridgehead atoms. The third kappa shape index (κ3) is 21.1. The molecule has 118 heavy (non-hydrogen) atoms. The Labute approximate surface area is 747 Å². The average Bonchev–Trinajstić information content (AvgIpc) is 1.42. The summed E-state index contributed by atoms with van der Waals surface area (Å²) in [6, 6.07) is 27.1. The molecule has 0 radical (unpaired) electrons. The summed E-state index contributed by atoms with van der Waals surface area (Å²) in [5.74, 6) is 0.00332. The number of benzene rings is 7. The first-order valence-corrected chi connectivity index (χ1v) is 44.8. The smallest absolute Gasteiger partial charge is 0.347 e. The zero-order valence-electron chi connectivity index (χ0n) is 70.8. The summed E-state index contributed by atoms with van der Waals surface area (Å²) in [7, 11) is 0. The standard InChI is InChI=1S/C50H57BrN2O6.C18H29NO.C14H3BrO6.3C5H10.3Fe/c1-26(2)45(27(3)4)58-32-17-19-34(30-13-9-10-14-30)40(23-32)52-47(54)36-21-22-37-43-42(36)38(49(52)56)25-39(51)44(43)50(57)53(48(37)55)41-24-33(59-46(28(5)6)29(7)8)18-20-35(41)31-15-11-12-16-31;1-12(2)18(13(3)4)20-15-9-10-16(17(19)11-15)14-7-5-6-8-14;15-7-3-6-8-4(11(16)20-13(6)18)1-2-5-9(8)10(7)14(19)21-12(5)17;3*1-2-4-5-3-1;;;/h17-31,45-46H,9-16H2,1-8H3;9-14,18H,5-8,19H2,1-4H3;1-3H;3*1-5H2;;;. The Morgan fingerprint density at radius 3 is 0.975 bits per heavy atom. The van der Waals surface area contributed by atoms with Crippen LogP contribution in [0.4, 0.5) is 17.1 Å². The van der Waals surface area contributed by atoms with Crippen LogP contribution in [0.3, 0.4) is 0 Å².